The molecule has 0 unspecified atom stereocenters. The first-order chi connectivity index (χ1) is 25.3. The van der Waals surface area contributed by atoms with Crippen molar-refractivity contribution in [3.63, 3.8) is 0 Å². The number of esters is 2. The van der Waals surface area contributed by atoms with Crippen molar-refractivity contribution in [3.8, 4) is 0 Å². The molecule has 2 N–H and O–H groups in total. The number of hydrogen-bond donors (Lipinski definition) is 2. The van der Waals surface area contributed by atoms with E-state index < -0.39 is 32.5 Å². The van der Waals surface area contributed by atoms with Crippen LogP contribution < -0.4 is 0 Å². The van der Waals surface area contributed by atoms with Gasteiger partial charge in [0.05, 0.1) is 6.61 Å². The molecule has 0 aliphatic rings. The van der Waals surface area contributed by atoms with E-state index in [4.69, 9.17) is 19.3 Å². The average Bonchev–Trinajstić information content (AvgIpc) is 3.11. The van der Waals surface area contributed by atoms with Crippen LogP contribution in [0.1, 0.15) is 168 Å². The van der Waals surface area contributed by atoms with Gasteiger partial charge in [-0.15, -0.1) is 0 Å². The van der Waals surface area contributed by atoms with Crippen molar-refractivity contribution in [1.29, 1.82) is 0 Å². The number of phosphoric ester groups is 1. The number of rotatable bonds is 36. The Kier molecular flexibility index (Phi) is 36.4. The molecule has 0 aromatic rings. The molecule has 0 amide bonds. The van der Waals surface area contributed by atoms with Gasteiger partial charge in [0, 0.05) is 12.8 Å². The molecule has 0 saturated heterocycles. The fraction of sp³-hybridized carbons (Fsp3) is 0.674. The van der Waals surface area contributed by atoms with Crippen LogP contribution in [-0.2, 0) is 28.2 Å². The van der Waals surface area contributed by atoms with Gasteiger partial charge in [0.2, 0.25) is 0 Å². The highest BCUT2D eigenvalue weighted by molar-refractivity contribution is 7.46. The summed E-state index contributed by atoms with van der Waals surface area (Å²) < 4.78 is 26.3. The first-order valence-electron chi connectivity index (χ1n) is 20.2. The van der Waals surface area contributed by atoms with Crippen molar-refractivity contribution in [3.05, 3.63) is 72.9 Å². The number of allylic oxidation sites excluding steroid dienone is 12. The molecule has 1 atom stereocenters. The molecule has 8 nitrogen and oxygen atoms in total. The van der Waals surface area contributed by atoms with Gasteiger partial charge in [0.25, 0.3) is 0 Å². The summed E-state index contributed by atoms with van der Waals surface area (Å²) in [6.45, 7) is 3.50. The Bertz CT molecular complexity index is 1070. The van der Waals surface area contributed by atoms with Gasteiger partial charge < -0.3 is 19.3 Å². The summed E-state index contributed by atoms with van der Waals surface area (Å²) in [6.07, 6.45) is 49.0. The van der Waals surface area contributed by atoms with Gasteiger partial charge in [0.15, 0.2) is 6.10 Å². The number of hydrogen-bond acceptors (Lipinski definition) is 6. The van der Waals surface area contributed by atoms with Crippen LogP contribution in [0.2, 0.25) is 0 Å². The fourth-order valence-corrected chi connectivity index (χ4v) is 5.56. The maximum absolute atomic E-state index is 12.4. The number of ether oxygens (including phenoxy) is 2. The molecule has 9 heteroatoms. The van der Waals surface area contributed by atoms with Gasteiger partial charge in [-0.1, -0.05) is 151 Å². The van der Waals surface area contributed by atoms with E-state index >= 15 is 0 Å². The lowest BCUT2D eigenvalue weighted by Gasteiger charge is -2.18. The molecule has 0 spiro atoms. The SMILES string of the molecule is CC/C=C/C/C=C/C/C=C/C/C=C/C/C=C/CCCCCC(=O)OC[C@H](COP(=O)(O)O)OC(=O)CCCCCCCCCCC/C=C/CCCC. The van der Waals surface area contributed by atoms with Crippen molar-refractivity contribution < 1.29 is 37.9 Å². The third-order valence-corrected chi connectivity index (χ3v) is 8.69. The summed E-state index contributed by atoms with van der Waals surface area (Å²) in [7, 11) is -4.76. The zero-order chi connectivity index (χ0) is 38.2. The fourth-order valence-electron chi connectivity index (χ4n) is 5.20. The molecule has 0 heterocycles. The molecule has 0 aliphatic heterocycles. The maximum atomic E-state index is 12.4. The van der Waals surface area contributed by atoms with E-state index in [0.29, 0.717) is 12.8 Å². The van der Waals surface area contributed by atoms with Crippen LogP contribution in [-0.4, -0.2) is 41.0 Å². The minimum Gasteiger partial charge on any atom is -0.462 e. The molecule has 0 aromatic carbocycles. The van der Waals surface area contributed by atoms with E-state index in [1.165, 1.54) is 57.8 Å². The van der Waals surface area contributed by atoms with E-state index in [0.717, 1.165) is 70.6 Å². The van der Waals surface area contributed by atoms with E-state index in [9.17, 15) is 14.2 Å². The quantitative estimate of drug-likeness (QED) is 0.0281. The van der Waals surface area contributed by atoms with Crippen molar-refractivity contribution in [1.82, 2.24) is 0 Å². The topological polar surface area (TPSA) is 119 Å². The Hall–Kier alpha value is -2.51. The molecular formula is C43H73O8P. The second-order valence-corrected chi connectivity index (χ2v) is 14.5. The molecule has 0 aromatic heterocycles. The number of phosphoric acid groups is 1. The standard InChI is InChI=1S/C43H73O8P/c1-3-5-7-9-11-13-15-17-19-20-21-22-24-25-27-29-31-33-35-37-42(44)49-39-41(40-50-52(46,47)48)51-43(45)38-36-34-32-30-28-26-23-18-16-14-12-10-8-6-4-2/h5,7,10-13,17,19,21-22,25,27,41H,3-4,6,8-9,14-16,18,20,23-24,26,28-40H2,1-2H3,(H2,46,47,48)/b7-5+,12-10+,13-11+,19-17+,22-21+,27-25+/t41-/m1/s1. The van der Waals surface area contributed by atoms with Gasteiger partial charge in [-0.2, -0.15) is 0 Å². The Morgan fingerprint density at radius 3 is 1.42 bits per heavy atom. The Morgan fingerprint density at radius 2 is 0.923 bits per heavy atom. The minimum absolute atomic E-state index is 0.198. The van der Waals surface area contributed by atoms with Crippen LogP contribution in [0, 0.1) is 0 Å². The average molecular weight is 749 g/mol. The molecule has 0 fully saturated rings. The predicted octanol–water partition coefficient (Wildman–Crippen LogP) is 12.3. The maximum Gasteiger partial charge on any atom is 0.469 e. The lowest BCUT2D eigenvalue weighted by molar-refractivity contribution is -0.161. The summed E-state index contributed by atoms with van der Waals surface area (Å²) in [5, 5.41) is 0. The van der Waals surface area contributed by atoms with Gasteiger partial charge in [-0.3, -0.25) is 14.1 Å². The van der Waals surface area contributed by atoms with Gasteiger partial charge in [0.1, 0.15) is 6.61 Å². The second kappa shape index (κ2) is 38.2. The summed E-state index contributed by atoms with van der Waals surface area (Å²) in [5.41, 5.74) is 0. The van der Waals surface area contributed by atoms with Crippen LogP contribution in [0.5, 0.6) is 0 Å². The zero-order valence-electron chi connectivity index (χ0n) is 32.7. The van der Waals surface area contributed by atoms with E-state index in [2.05, 4.69) is 91.3 Å². The van der Waals surface area contributed by atoms with E-state index in [1.54, 1.807) is 0 Å². The monoisotopic (exact) mass is 749 g/mol. The lowest BCUT2D eigenvalue weighted by Crippen LogP contribution is -2.29. The molecule has 0 saturated carbocycles. The summed E-state index contributed by atoms with van der Waals surface area (Å²) in [6, 6.07) is 0. The third-order valence-electron chi connectivity index (χ3n) is 8.21. The molecule has 0 rings (SSSR count). The molecule has 0 radical (unpaired) electrons. The first-order valence-corrected chi connectivity index (χ1v) is 21.8. The summed E-state index contributed by atoms with van der Waals surface area (Å²) in [4.78, 5) is 42.8. The van der Waals surface area contributed by atoms with Gasteiger partial charge in [-0.05, 0) is 77.0 Å². The third kappa shape index (κ3) is 40.3. The summed E-state index contributed by atoms with van der Waals surface area (Å²) in [5.74, 6) is -0.930. The second-order valence-electron chi connectivity index (χ2n) is 13.2. The molecular weight excluding hydrogens is 675 g/mol. The number of unbranched alkanes of at least 4 members (excludes halogenated alkanes) is 14. The smallest absolute Gasteiger partial charge is 0.462 e. The van der Waals surface area contributed by atoms with Gasteiger partial charge >= 0.3 is 19.8 Å². The lowest BCUT2D eigenvalue weighted by atomic mass is 10.1. The van der Waals surface area contributed by atoms with Crippen molar-refractivity contribution in [2.24, 2.45) is 0 Å². The normalized spacial score (nSPS) is 13.2. The number of carbonyl (C=O) groups is 2. The minimum atomic E-state index is -4.76. The van der Waals surface area contributed by atoms with Crippen LogP contribution >= 0.6 is 7.82 Å². The first kappa shape index (κ1) is 49.5. The highest BCUT2D eigenvalue weighted by Gasteiger charge is 2.22. The van der Waals surface area contributed by atoms with Crippen LogP contribution in [0.3, 0.4) is 0 Å². The summed E-state index contributed by atoms with van der Waals surface area (Å²) >= 11 is 0. The Morgan fingerprint density at radius 1 is 0.519 bits per heavy atom. The zero-order valence-corrected chi connectivity index (χ0v) is 33.6. The van der Waals surface area contributed by atoms with Crippen LogP contribution in [0.15, 0.2) is 72.9 Å². The van der Waals surface area contributed by atoms with E-state index in [-0.39, 0.29) is 19.4 Å². The predicted molar refractivity (Wildman–Crippen MR) is 216 cm³/mol. The van der Waals surface area contributed by atoms with Crippen LogP contribution in [0.25, 0.3) is 0 Å². The number of carbonyl (C=O) groups excluding carboxylic acids is 2. The highest BCUT2D eigenvalue weighted by Crippen LogP contribution is 2.36. The van der Waals surface area contributed by atoms with Crippen molar-refractivity contribution >= 4 is 19.8 Å². The van der Waals surface area contributed by atoms with Gasteiger partial charge in [-0.25, -0.2) is 4.57 Å². The van der Waals surface area contributed by atoms with E-state index in [1.807, 2.05) is 0 Å². The molecule has 298 valence electrons. The van der Waals surface area contributed by atoms with Crippen molar-refractivity contribution in [2.45, 2.75) is 174 Å². The van der Waals surface area contributed by atoms with Crippen LogP contribution in [0.4, 0.5) is 0 Å². The Labute approximate surface area is 317 Å². The molecule has 0 aliphatic carbocycles. The molecule has 52 heavy (non-hydrogen) atoms. The largest absolute Gasteiger partial charge is 0.469 e. The Balaban J connectivity index is 4.02. The highest BCUT2D eigenvalue weighted by atomic mass is 31.2. The molecule has 0 bridgehead atoms. The van der Waals surface area contributed by atoms with Crippen molar-refractivity contribution in [2.75, 3.05) is 13.2 Å².